The molecule has 75 valence electrons. The van der Waals surface area contributed by atoms with Gasteiger partial charge in [-0.15, -0.1) is 10.2 Å². The molecule has 2 aromatic rings. The maximum atomic E-state index is 10.5. The van der Waals surface area contributed by atoms with E-state index < -0.39 is 4.92 Å². The van der Waals surface area contributed by atoms with E-state index in [9.17, 15) is 10.1 Å². The third kappa shape index (κ3) is 1.91. The maximum absolute atomic E-state index is 10.5. The molecule has 1 aromatic carbocycles. The molecule has 1 heterocycles. The summed E-state index contributed by atoms with van der Waals surface area (Å²) in [6.07, 6.45) is 0. The second-order valence-electron chi connectivity index (χ2n) is 2.66. The molecule has 6 nitrogen and oxygen atoms in total. The summed E-state index contributed by atoms with van der Waals surface area (Å²) in [6.45, 7) is 0. The Bertz CT molecular complexity index is 511. The number of anilines is 1. The molecule has 2 N–H and O–H groups in total. The number of nitro benzene ring substituents is 1. The first-order chi connectivity index (χ1) is 7.16. The predicted molar refractivity (Wildman–Crippen MR) is 55.2 cm³/mol. The van der Waals surface area contributed by atoms with E-state index in [-0.39, 0.29) is 5.69 Å². The molecule has 0 fully saturated rings. The predicted octanol–water partition coefficient (Wildman–Crippen LogP) is 1.50. The number of hydrogen-bond acceptors (Lipinski definition) is 6. The highest BCUT2D eigenvalue weighted by Gasteiger charge is 2.10. The van der Waals surface area contributed by atoms with Gasteiger partial charge in [-0.25, -0.2) is 0 Å². The Kier molecular flexibility index (Phi) is 2.30. The fraction of sp³-hybridized carbons (Fsp3) is 0. The van der Waals surface area contributed by atoms with Gasteiger partial charge in [0.1, 0.15) is 5.01 Å². The maximum Gasteiger partial charge on any atom is 0.270 e. The monoisotopic (exact) mass is 221 g/mol. The van der Waals surface area contributed by atoms with Gasteiger partial charge < -0.3 is 5.73 Å². The molecule has 0 aliphatic carbocycles. The lowest BCUT2D eigenvalue weighted by Crippen LogP contribution is -1.88. The second kappa shape index (κ2) is 3.62. The number of nitrogens with two attached hydrogens (primary N) is 1. The highest BCUT2D eigenvalue weighted by atomic mass is 32.1. The van der Waals surface area contributed by atoms with Crippen molar-refractivity contribution < 1.29 is 4.92 Å². The first-order valence-electron chi connectivity index (χ1n) is 3.92. The quantitative estimate of drug-likeness (QED) is 0.612. The van der Waals surface area contributed by atoms with Crippen LogP contribution in [-0.2, 0) is 0 Å². The van der Waals surface area contributed by atoms with Crippen molar-refractivity contribution in [3.8, 4) is 10.6 Å². The van der Waals surface area contributed by atoms with Gasteiger partial charge >= 0.3 is 0 Å². The largest absolute Gasteiger partial charge is 0.374 e. The number of nitrogen functional groups attached to an aromatic ring is 1. The van der Waals surface area contributed by atoms with Crippen LogP contribution >= 0.6 is 11.3 Å². The SMILES string of the molecule is Nc1nnc(-c2[c]ccc([N+](=O)[O-])c2)s1. The lowest BCUT2D eigenvalue weighted by molar-refractivity contribution is -0.384. The molecule has 0 spiro atoms. The molecule has 0 saturated carbocycles. The molecule has 0 amide bonds. The lowest BCUT2D eigenvalue weighted by atomic mass is 10.2. The Hall–Kier alpha value is -2.02. The Morgan fingerprint density at radius 3 is 2.93 bits per heavy atom. The molecule has 0 bridgehead atoms. The third-order valence-corrected chi connectivity index (χ3v) is 2.45. The van der Waals surface area contributed by atoms with Gasteiger partial charge in [-0.05, 0) is 12.1 Å². The highest BCUT2D eigenvalue weighted by molar-refractivity contribution is 7.18. The summed E-state index contributed by atoms with van der Waals surface area (Å²) in [4.78, 5) is 10.1. The van der Waals surface area contributed by atoms with E-state index >= 15 is 0 Å². The Labute approximate surface area is 88.5 Å². The molecule has 0 unspecified atom stereocenters. The van der Waals surface area contributed by atoms with E-state index in [0.717, 1.165) is 11.3 Å². The van der Waals surface area contributed by atoms with Crippen LogP contribution in [0.3, 0.4) is 0 Å². The molecule has 1 radical (unpaired) electrons. The molecular weight excluding hydrogens is 216 g/mol. The standard InChI is InChI=1S/C8H5N4O2S/c9-8-11-10-7(15-8)5-2-1-3-6(4-5)12(13)14/h1,3-4H,(H2,9,11). The summed E-state index contributed by atoms with van der Waals surface area (Å²) in [5.74, 6) is 0. The minimum absolute atomic E-state index is 0.00229. The molecule has 7 heteroatoms. The molecule has 1 aromatic heterocycles. The average molecular weight is 221 g/mol. The number of nitro groups is 1. The van der Waals surface area contributed by atoms with Crippen molar-refractivity contribution in [3.63, 3.8) is 0 Å². The van der Waals surface area contributed by atoms with Gasteiger partial charge in [0.25, 0.3) is 5.69 Å². The van der Waals surface area contributed by atoms with Crippen molar-refractivity contribution in [1.82, 2.24) is 10.2 Å². The normalized spacial score (nSPS) is 10.1. The van der Waals surface area contributed by atoms with Crippen LogP contribution in [0.2, 0.25) is 0 Å². The Morgan fingerprint density at radius 2 is 2.33 bits per heavy atom. The second-order valence-corrected chi connectivity index (χ2v) is 3.67. The number of rotatable bonds is 2. The average Bonchev–Trinajstić information content (AvgIpc) is 2.65. The van der Waals surface area contributed by atoms with E-state index in [4.69, 9.17) is 5.73 Å². The van der Waals surface area contributed by atoms with Crippen molar-refractivity contribution in [2.24, 2.45) is 0 Å². The molecule has 0 saturated heterocycles. The van der Waals surface area contributed by atoms with Gasteiger partial charge in [0, 0.05) is 17.7 Å². The van der Waals surface area contributed by atoms with Crippen LogP contribution in [-0.4, -0.2) is 15.1 Å². The van der Waals surface area contributed by atoms with Crippen LogP contribution in [0.4, 0.5) is 10.8 Å². The van der Waals surface area contributed by atoms with E-state index in [1.807, 2.05) is 0 Å². The number of benzene rings is 1. The number of non-ortho nitro benzene ring substituents is 1. The van der Waals surface area contributed by atoms with Crippen molar-refractivity contribution in [2.45, 2.75) is 0 Å². The van der Waals surface area contributed by atoms with Gasteiger partial charge in [0.15, 0.2) is 0 Å². The zero-order chi connectivity index (χ0) is 10.8. The summed E-state index contributed by atoms with van der Waals surface area (Å²) in [7, 11) is 0. The van der Waals surface area contributed by atoms with Crippen molar-refractivity contribution in [3.05, 3.63) is 34.4 Å². The Morgan fingerprint density at radius 1 is 1.53 bits per heavy atom. The van der Waals surface area contributed by atoms with E-state index in [1.165, 1.54) is 18.2 Å². The number of aromatic nitrogens is 2. The van der Waals surface area contributed by atoms with E-state index in [1.54, 1.807) is 0 Å². The fourth-order valence-corrected chi connectivity index (χ4v) is 1.62. The molecular formula is C8H5N4O2S. The minimum atomic E-state index is -0.471. The zero-order valence-electron chi connectivity index (χ0n) is 7.38. The first kappa shape index (κ1) is 9.53. The smallest absolute Gasteiger partial charge is 0.270 e. The van der Waals surface area contributed by atoms with E-state index in [2.05, 4.69) is 16.3 Å². The van der Waals surface area contributed by atoms with E-state index in [0.29, 0.717) is 15.7 Å². The van der Waals surface area contributed by atoms with Crippen molar-refractivity contribution in [1.29, 1.82) is 0 Å². The van der Waals surface area contributed by atoms with Gasteiger partial charge in [-0.3, -0.25) is 10.1 Å². The lowest BCUT2D eigenvalue weighted by Gasteiger charge is -1.94. The number of nitrogens with zero attached hydrogens (tertiary/aromatic N) is 3. The summed E-state index contributed by atoms with van der Waals surface area (Å²) in [5.41, 5.74) is 5.93. The van der Waals surface area contributed by atoms with Gasteiger partial charge in [-0.2, -0.15) is 0 Å². The molecule has 0 aliphatic rings. The van der Waals surface area contributed by atoms with Gasteiger partial charge in [0.2, 0.25) is 5.13 Å². The van der Waals surface area contributed by atoms with Crippen molar-refractivity contribution >= 4 is 22.2 Å². The van der Waals surface area contributed by atoms with Crippen LogP contribution in [0.25, 0.3) is 10.6 Å². The molecule has 15 heavy (non-hydrogen) atoms. The van der Waals surface area contributed by atoms with Crippen LogP contribution in [0, 0.1) is 16.2 Å². The van der Waals surface area contributed by atoms with Gasteiger partial charge in [0.05, 0.1) is 4.92 Å². The van der Waals surface area contributed by atoms with Crippen LogP contribution in [0.5, 0.6) is 0 Å². The fourth-order valence-electron chi connectivity index (χ4n) is 1.03. The summed E-state index contributed by atoms with van der Waals surface area (Å²) < 4.78 is 0. The minimum Gasteiger partial charge on any atom is -0.374 e. The third-order valence-electron chi connectivity index (χ3n) is 1.67. The summed E-state index contributed by atoms with van der Waals surface area (Å²) in [5, 5.41) is 18.8. The zero-order valence-corrected chi connectivity index (χ0v) is 8.19. The molecule has 2 rings (SSSR count). The van der Waals surface area contributed by atoms with Crippen LogP contribution in [0.15, 0.2) is 18.2 Å². The highest BCUT2D eigenvalue weighted by Crippen LogP contribution is 2.26. The summed E-state index contributed by atoms with van der Waals surface area (Å²) in [6, 6.07) is 7.08. The topological polar surface area (TPSA) is 94.9 Å². The van der Waals surface area contributed by atoms with Crippen LogP contribution < -0.4 is 5.73 Å². The van der Waals surface area contributed by atoms with Crippen LogP contribution in [0.1, 0.15) is 0 Å². The number of hydrogen-bond donors (Lipinski definition) is 1. The summed E-state index contributed by atoms with van der Waals surface area (Å²) >= 11 is 1.16. The molecule has 0 aliphatic heterocycles. The Balaban J connectivity index is 2.45. The molecule has 0 atom stereocenters. The van der Waals surface area contributed by atoms with Gasteiger partial charge in [-0.1, -0.05) is 11.3 Å². The first-order valence-corrected chi connectivity index (χ1v) is 4.74. The van der Waals surface area contributed by atoms with Crippen molar-refractivity contribution in [2.75, 3.05) is 5.73 Å².